The third kappa shape index (κ3) is 1.95. The topological polar surface area (TPSA) is 43.8 Å². The summed E-state index contributed by atoms with van der Waals surface area (Å²) in [5, 5.41) is 4.32. The quantitative estimate of drug-likeness (QED) is 0.841. The summed E-state index contributed by atoms with van der Waals surface area (Å²) in [6, 6.07) is 0.548. The molecule has 1 aliphatic carbocycles. The van der Waals surface area contributed by atoms with Crippen molar-refractivity contribution in [2.75, 3.05) is 5.73 Å². The molecule has 2 unspecified atom stereocenters. The standard InChI is InChI=1S/C10H16BrN3/c1-7-3-2-4-8(5-7)14-6-9(11)10(12)13-14/h6-8H,2-5H2,1H3,(H2,12,13). The van der Waals surface area contributed by atoms with E-state index >= 15 is 0 Å². The van der Waals surface area contributed by atoms with Gasteiger partial charge in [-0.2, -0.15) is 5.10 Å². The van der Waals surface area contributed by atoms with Crippen molar-refractivity contribution in [2.24, 2.45) is 5.92 Å². The first-order valence-electron chi connectivity index (χ1n) is 5.17. The fourth-order valence-corrected chi connectivity index (χ4v) is 2.50. The predicted octanol–water partition coefficient (Wildman–Crippen LogP) is 2.98. The van der Waals surface area contributed by atoms with Crippen molar-refractivity contribution < 1.29 is 0 Å². The zero-order valence-electron chi connectivity index (χ0n) is 8.41. The molecule has 0 spiro atoms. The van der Waals surface area contributed by atoms with Crippen LogP contribution in [-0.2, 0) is 0 Å². The Labute approximate surface area is 92.8 Å². The van der Waals surface area contributed by atoms with Gasteiger partial charge in [0.15, 0.2) is 5.82 Å². The number of nitrogen functional groups attached to an aromatic ring is 1. The van der Waals surface area contributed by atoms with Gasteiger partial charge in [0, 0.05) is 6.20 Å². The molecule has 0 bridgehead atoms. The summed E-state index contributed by atoms with van der Waals surface area (Å²) in [4.78, 5) is 0. The van der Waals surface area contributed by atoms with E-state index in [1.807, 2.05) is 10.9 Å². The largest absolute Gasteiger partial charge is 0.381 e. The maximum atomic E-state index is 5.70. The first-order chi connectivity index (χ1) is 6.66. The fraction of sp³-hybridized carbons (Fsp3) is 0.700. The van der Waals surface area contributed by atoms with Gasteiger partial charge >= 0.3 is 0 Å². The molecule has 14 heavy (non-hydrogen) atoms. The highest BCUT2D eigenvalue weighted by Crippen LogP contribution is 2.33. The van der Waals surface area contributed by atoms with E-state index in [9.17, 15) is 0 Å². The molecule has 1 fully saturated rings. The molecule has 3 nitrogen and oxygen atoms in total. The van der Waals surface area contributed by atoms with Crippen molar-refractivity contribution in [1.82, 2.24) is 9.78 Å². The molecule has 1 aromatic heterocycles. The van der Waals surface area contributed by atoms with Crippen molar-refractivity contribution in [3.05, 3.63) is 10.7 Å². The molecule has 1 heterocycles. The van der Waals surface area contributed by atoms with E-state index in [1.165, 1.54) is 25.7 Å². The smallest absolute Gasteiger partial charge is 0.159 e. The van der Waals surface area contributed by atoms with Crippen LogP contribution >= 0.6 is 15.9 Å². The fourth-order valence-electron chi connectivity index (χ4n) is 2.21. The number of aromatic nitrogens is 2. The lowest BCUT2D eigenvalue weighted by atomic mass is 9.87. The molecule has 0 amide bonds. The number of halogens is 1. The molecule has 0 radical (unpaired) electrons. The van der Waals surface area contributed by atoms with Crippen LogP contribution in [0.3, 0.4) is 0 Å². The molecular formula is C10H16BrN3. The van der Waals surface area contributed by atoms with Crippen LogP contribution in [0.2, 0.25) is 0 Å². The van der Waals surface area contributed by atoms with Crippen molar-refractivity contribution in [2.45, 2.75) is 38.6 Å². The van der Waals surface area contributed by atoms with Crippen LogP contribution in [-0.4, -0.2) is 9.78 Å². The van der Waals surface area contributed by atoms with Gasteiger partial charge in [0.1, 0.15) is 0 Å². The highest BCUT2D eigenvalue weighted by molar-refractivity contribution is 9.10. The van der Waals surface area contributed by atoms with Gasteiger partial charge in [-0.1, -0.05) is 19.8 Å². The molecule has 0 saturated heterocycles. The second-order valence-electron chi connectivity index (χ2n) is 4.27. The van der Waals surface area contributed by atoms with Crippen molar-refractivity contribution in [3.8, 4) is 0 Å². The predicted molar refractivity (Wildman–Crippen MR) is 61.0 cm³/mol. The van der Waals surface area contributed by atoms with Gasteiger partial charge in [0.25, 0.3) is 0 Å². The van der Waals surface area contributed by atoms with Crippen LogP contribution in [0, 0.1) is 5.92 Å². The number of hydrogen-bond acceptors (Lipinski definition) is 2. The monoisotopic (exact) mass is 257 g/mol. The number of anilines is 1. The Bertz CT molecular complexity index is 302. The van der Waals surface area contributed by atoms with Crippen LogP contribution in [0.4, 0.5) is 5.82 Å². The number of nitrogens with two attached hydrogens (primary N) is 1. The summed E-state index contributed by atoms with van der Waals surface area (Å²) in [6.45, 7) is 2.31. The first-order valence-corrected chi connectivity index (χ1v) is 5.96. The van der Waals surface area contributed by atoms with Gasteiger partial charge in [0.2, 0.25) is 0 Å². The zero-order valence-corrected chi connectivity index (χ0v) is 10.00. The van der Waals surface area contributed by atoms with E-state index in [4.69, 9.17) is 5.73 Å². The van der Waals surface area contributed by atoms with Gasteiger partial charge in [-0.05, 0) is 34.7 Å². The lowest BCUT2D eigenvalue weighted by Crippen LogP contribution is -2.18. The second kappa shape index (κ2) is 3.93. The Hall–Kier alpha value is -0.510. The first kappa shape index (κ1) is 10.0. The Morgan fingerprint density at radius 1 is 1.57 bits per heavy atom. The molecule has 1 aromatic rings. The molecule has 2 N–H and O–H groups in total. The number of nitrogens with zero attached hydrogens (tertiary/aromatic N) is 2. The summed E-state index contributed by atoms with van der Waals surface area (Å²) in [6.07, 6.45) is 7.13. The summed E-state index contributed by atoms with van der Waals surface area (Å²) >= 11 is 3.39. The highest BCUT2D eigenvalue weighted by atomic mass is 79.9. The summed E-state index contributed by atoms with van der Waals surface area (Å²) in [7, 11) is 0. The van der Waals surface area contributed by atoms with Crippen molar-refractivity contribution in [3.63, 3.8) is 0 Å². The summed E-state index contributed by atoms with van der Waals surface area (Å²) in [5.41, 5.74) is 5.70. The van der Waals surface area contributed by atoms with E-state index in [2.05, 4.69) is 28.0 Å². The lowest BCUT2D eigenvalue weighted by Gasteiger charge is -2.26. The Balaban J connectivity index is 2.14. The molecule has 4 heteroatoms. The van der Waals surface area contributed by atoms with Crippen LogP contribution in [0.5, 0.6) is 0 Å². The zero-order chi connectivity index (χ0) is 10.1. The van der Waals surface area contributed by atoms with E-state index in [1.54, 1.807) is 0 Å². The van der Waals surface area contributed by atoms with Gasteiger partial charge in [-0.3, -0.25) is 4.68 Å². The minimum Gasteiger partial charge on any atom is -0.381 e. The van der Waals surface area contributed by atoms with Gasteiger partial charge < -0.3 is 5.73 Å². The van der Waals surface area contributed by atoms with Gasteiger partial charge in [0.05, 0.1) is 10.5 Å². The third-order valence-electron chi connectivity index (χ3n) is 3.00. The molecular weight excluding hydrogens is 242 g/mol. The molecule has 2 rings (SSSR count). The third-order valence-corrected chi connectivity index (χ3v) is 3.61. The average molecular weight is 258 g/mol. The van der Waals surface area contributed by atoms with Crippen LogP contribution in [0.15, 0.2) is 10.7 Å². The van der Waals surface area contributed by atoms with E-state index in [0.717, 1.165) is 10.4 Å². The molecule has 0 aliphatic heterocycles. The number of rotatable bonds is 1. The second-order valence-corrected chi connectivity index (χ2v) is 5.12. The Morgan fingerprint density at radius 3 is 2.93 bits per heavy atom. The van der Waals surface area contributed by atoms with E-state index in [0.29, 0.717) is 11.9 Å². The van der Waals surface area contributed by atoms with Crippen LogP contribution < -0.4 is 5.73 Å². The van der Waals surface area contributed by atoms with Crippen molar-refractivity contribution in [1.29, 1.82) is 0 Å². The average Bonchev–Trinajstić information content (AvgIpc) is 2.47. The van der Waals surface area contributed by atoms with E-state index < -0.39 is 0 Å². The molecule has 1 aliphatic rings. The Kier molecular flexibility index (Phi) is 2.81. The normalized spacial score (nSPS) is 27.9. The lowest BCUT2D eigenvalue weighted by molar-refractivity contribution is 0.267. The SMILES string of the molecule is CC1CCCC(n2cc(Br)c(N)n2)C1. The molecule has 2 atom stereocenters. The van der Waals surface area contributed by atoms with Gasteiger partial charge in [-0.25, -0.2) is 0 Å². The minimum absolute atomic E-state index is 0.548. The minimum atomic E-state index is 0.548. The highest BCUT2D eigenvalue weighted by Gasteiger charge is 2.21. The molecule has 0 aromatic carbocycles. The summed E-state index contributed by atoms with van der Waals surface area (Å²) in [5.74, 6) is 1.42. The maximum absolute atomic E-state index is 5.70. The van der Waals surface area contributed by atoms with Crippen molar-refractivity contribution >= 4 is 21.7 Å². The summed E-state index contributed by atoms with van der Waals surface area (Å²) < 4.78 is 2.94. The molecule has 78 valence electrons. The number of hydrogen-bond donors (Lipinski definition) is 1. The molecule has 1 saturated carbocycles. The van der Waals surface area contributed by atoms with E-state index in [-0.39, 0.29) is 0 Å². The Morgan fingerprint density at radius 2 is 2.36 bits per heavy atom. The van der Waals surface area contributed by atoms with Crippen LogP contribution in [0.1, 0.15) is 38.6 Å². The maximum Gasteiger partial charge on any atom is 0.159 e. The van der Waals surface area contributed by atoms with Crippen LogP contribution in [0.25, 0.3) is 0 Å². The van der Waals surface area contributed by atoms with Gasteiger partial charge in [-0.15, -0.1) is 0 Å².